The van der Waals surface area contributed by atoms with E-state index in [-0.39, 0.29) is 0 Å². The molecule has 3 nitrogen and oxygen atoms in total. The number of hydrogen-bond donors (Lipinski definition) is 1. The number of aromatic nitrogens is 2. The van der Waals surface area contributed by atoms with Gasteiger partial charge in [0.15, 0.2) is 0 Å². The molecule has 0 aliphatic carbocycles. The first-order valence-electron chi connectivity index (χ1n) is 7.53. The molecule has 0 radical (unpaired) electrons. The van der Waals surface area contributed by atoms with Crippen LogP contribution in [0.4, 0.5) is 0 Å². The molecule has 2 rings (SSSR count). The second-order valence-electron chi connectivity index (χ2n) is 5.26. The van der Waals surface area contributed by atoms with Crippen molar-refractivity contribution in [3.63, 3.8) is 0 Å². The normalized spacial score (nSPS) is 12.6. The molecular weight excluding hydrogens is 246 g/mol. The molecule has 3 heteroatoms. The number of hydrogen-bond acceptors (Lipinski definition) is 2. The Balaban J connectivity index is 2.17. The largest absolute Gasteiger partial charge is 0.310 e. The van der Waals surface area contributed by atoms with E-state index in [9.17, 15) is 0 Å². The summed E-state index contributed by atoms with van der Waals surface area (Å²) < 4.78 is 2.04. The van der Waals surface area contributed by atoms with Crippen molar-refractivity contribution in [3.8, 4) is 11.1 Å². The Hall–Kier alpha value is -1.61. The Bertz CT molecular complexity index is 540. The van der Waals surface area contributed by atoms with E-state index in [1.54, 1.807) is 0 Å². The molecule has 1 aromatic heterocycles. The van der Waals surface area contributed by atoms with Gasteiger partial charge in [0.2, 0.25) is 0 Å². The lowest BCUT2D eigenvalue weighted by atomic mass is 10.0. The van der Waals surface area contributed by atoms with Gasteiger partial charge in [0.25, 0.3) is 0 Å². The van der Waals surface area contributed by atoms with E-state index in [1.165, 1.54) is 22.4 Å². The maximum absolute atomic E-state index is 4.41. The third kappa shape index (κ3) is 3.10. The van der Waals surface area contributed by atoms with Crippen molar-refractivity contribution in [1.29, 1.82) is 0 Å². The van der Waals surface area contributed by atoms with Crippen LogP contribution in [0.2, 0.25) is 0 Å². The molecule has 1 N–H and O–H groups in total. The summed E-state index contributed by atoms with van der Waals surface area (Å²) in [7, 11) is 0. The first-order valence-corrected chi connectivity index (χ1v) is 7.53. The fourth-order valence-electron chi connectivity index (χ4n) is 2.48. The Labute approximate surface area is 122 Å². The second kappa shape index (κ2) is 6.71. The Morgan fingerprint density at radius 1 is 1.20 bits per heavy atom. The molecule has 1 unspecified atom stereocenters. The van der Waals surface area contributed by atoms with Crippen LogP contribution in [0.3, 0.4) is 0 Å². The van der Waals surface area contributed by atoms with Gasteiger partial charge in [0, 0.05) is 23.8 Å². The number of rotatable bonds is 6. The van der Waals surface area contributed by atoms with Gasteiger partial charge in [-0.05, 0) is 44.9 Å². The van der Waals surface area contributed by atoms with Crippen molar-refractivity contribution in [2.75, 3.05) is 6.54 Å². The molecule has 1 aromatic carbocycles. The highest BCUT2D eigenvalue weighted by atomic mass is 15.3. The highest BCUT2D eigenvalue weighted by molar-refractivity contribution is 5.65. The minimum absolute atomic E-state index is 0.406. The van der Waals surface area contributed by atoms with Crippen LogP contribution in [0.1, 0.15) is 44.5 Å². The molecule has 0 aliphatic rings. The fraction of sp³-hybridized carbons (Fsp3) is 0.471. The lowest BCUT2D eigenvalue weighted by Crippen LogP contribution is -2.19. The van der Waals surface area contributed by atoms with Crippen LogP contribution in [0.25, 0.3) is 11.1 Å². The number of benzene rings is 1. The van der Waals surface area contributed by atoms with E-state index in [0.717, 1.165) is 19.5 Å². The SMILES string of the molecule is CCCNC(C)c1ccc(-c2cnn(CC)c2C)cc1. The molecule has 0 saturated heterocycles. The second-order valence-corrected chi connectivity index (χ2v) is 5.26. The van der Waals surface area contributed by atoms with Crippen LogP contribution in [-0.4, -0.2) is 16.3 Å². The summed E-state index contributed by atoms with van der Waals surface area (Å²) in [5, 5.41) is 7.93. The zero-order valence-corrected chi connectivity index (χ0v) is 13.0. The van der Waals surface area contributed by atoms with Gasteiger partial charge in [-0.2, -0.15) is 5.10 Å². The molecular formula is C17H25N3. The van der Waals surface area contributed by atoms with Gasteiger partial charge in [-0.3, -0.25) is 4.68 Å². The summed E-state index contributed by atoms with van der Waals surface area (Å²) in [6, 6.07) is 9.23. The van der Waals surface area contributed by atoms with E-state index in [2.05, 4.69) is 62.4 Å². The predicted octanol–water partition coefficient (Wildman–Crippen LogP) is 3.94. The van der Waals surface area contributed by atoms with Crippen molar-refractivity contribution < 1.29 is 0 Å². The third-order valence-electron chi connectivity index (χ3n) is 3.82. The number of aryl methyl sites for hydroxylation is 1. The smallest absolute Gasteiger partial charge is 0.0571 e. The van der Waals surface area contributed by atoms with Crippen LogP contribution < -0.4 is 5.32 Å². The zero-order chi connectivity index (χ0) is 14.5. The van der Waals surface area contributed by atoms with Crippen LogP contribution in [-0.2, 0) is 6.54 Å². The van der Waals surface area contributed by atoms with Gasteiger partial charge in [-0.15, -0.1) is 0 Å². The first kappa shape index (κ1) is 14.8. The monoisotopic (exact) mass is 271 g/mol. The molecule has 20 heavy (non-hydrogen) atoms. The van der Waals surface area contributed by atoms with Crippen LogP contribution >= 0.6 is 0 Å². The van der Waals surface area contributed by atoms with Crippen molar-refractivity contribution in [2.45, 2.75) is 46.7 Å². The summed E-state index contributed by atoms with van der Waals surface area (Å²) in [5.74, 6) is 0. The standard InChI is InChI=1S/C17H25N3/c1-5-11-18-13(3)15-7-9-16(10-8-15)17-12-19-20(6-2)14(17)4/h7-10,12-13,18H,5-6,11H2,1-4H3. The summed E-state index contributed by atoms with van der Waals surface area (Å²) in [6.45, 7) is 10.6. The van der Waals surface area contributed by atoms with Crippen molar-refractivity contribution in [1.82, 2.24) is 15.1 Å². The summed E-state index contributed by atoms with van der Waals surface area (Å²) in [5.41, 5.74) is 5.04. The van der Waals surface area contributed by atoms with Crippen molar-refractivity contribution >= 4 is 0 Å². The van der Waals surface area contributed by atoms with Crippen LogP contribution in [0, 0.1) is 6.92 Å². The molecule has 108 valence electrons. The Morgan fingerprint density at radius 3 is 2.45 bits per heavy atom. The minimum atomic E-state index is 0.406. The highest BCUT2D eigenvalue weighted by Gasteiger charge is 2.09. The highest BCUT2D eigenvalue weighted by Crippen LogP contribution is 2.24. The van der Waals surface area contributed by atoms with E-state index >= 15 is 0 Å². The quantitative estimate of drug-likeness (QED) is 0.862. The summed E-state index contributed by atoms with van der Waals surface area (Å²) in [4.78, 5) is 0. The zero-order valence-electron chi connectivity index (χ0n) is 13.0. The fourth-order valence-corrected chi connectivity index (χ4v) is 2.48. The lowest BCUT2D eigenvalue weighted by Gasteiger charge is -2.14. The molecule has 0 aliphatic heterocycles. The topological polar surface area (TPSA) is 29.9 Å². The van der Waals surface area contributed by atoms with Gasteiger partial charge >= 0.3 is 0 Å². The Kier molecular flexibility index (Phi) is 4.96. The summed E-state index contributed by atoms with van der Waals surface area (Å²) >= 11 is 0. The molecule has 0 amide bonds. The van der Waals surface area contributed by atoms with Crippen molar-refractivity contribution in [3.05, 3.63) is 41.7 Å². The molecule has 1 atom stereocenters. The number of nitrogens with one attached hydrogen (secondary N) is 1. The Morgan fingerprint density at radius 2 is 1.90 bits per heavy atom. The lowest BCUT2D eigenvalue weighted by molar-refractivity contribution is 0.571. The minimum Gasteiger partial charge on any atom is -0.310 e. The van der Waals surface area contributed by atoms with Gasteiger partial charge in [-0.1, -0.05) is 31.2 Å². The molecule has 1 heterocycles. The molecule has 0 fully saturated rings. The molecule has 2 aromatic rings. The maximum atomic E-state index is 4.41. The van der Waals surface area contributed by atoms with Crippen LogP contribution in [0.5, 0.6) is 0 Å². The average molecular weight is 271 g/mol. The van der Waals surface area contributed by atoms with Gasteiger partial charge in [-0.25, -0.2) is 0 Å². The molecule has 0 saturated carbocycles. The third-order valence-corrected chi connectivity index (χ3v) is 3.82. The van der Waals surface area contributed by atoms with E-state index < -0.39 is 0 Å². The van der Waals surface area contributed by atoms with Gasteiger partial charge < -0.3 is 5.32 Å². The summed E-state index contributed by atoms with van der Waals surface area (Å²) in [6.07, 6.45) is 3.13. The van der Waals surface area contributed by atoms with E-state index in [4.69, 9.17) is 0 Å². The predicted molar refractivity (Wildman–Crippen MR) is 84.8 cm³/mol. The van der Waals surface area contributed by atoms with E-state index in [0.29, 0.717) is 6.04 Å². The molecule has 0 bridgehead atoms. The van der Waals surface area contributed by atoms with Crippen LogP contribution in [0.15, 0.2) is 30.5 Å². The van der Waals surface area contributed by atoms with E-state index in [1.807, 2.05) is 10.9 Å². The first-order chi connectivity index (χ1) is 9.67. The number of nitrogens with zero attached hydrogens (tertiary/aromatic N) is 2. The average Bonchev–Trinajstić information content (AvgIpc) is 2.86. The maximum Gasteiger partial charge on any atom is 0.0571 e. The molecule has 0 spiro atoms. The van der Waals surface area contributed by atoms with Crippen molar-refractivity contribution in [2.24, 2.45) is 0 Å². The van der Waals surface area contributed by atoms with Gasteiger partial charge in [0.1, 0.15) is 0 Å². The van der Waals surface area contributed by atoms with Gasteiger partial charge in [0.05, 0.1) is 6.20 Å².